The van der Waals surface area contributed by atoms with Gasteiger partial charge in [0.1, 0.15) is 5.60 Å². The monoisotopic (exact) mass is 411 g/mol. The van der Waals surface area contributed by atoms with Gasteiger partial charge in [0.05, 0.1) is 11.1 Å². The van der Waals surface area contributed by atoms with E-state index in [1.807, 2.05) is 32.8 Å². The number of hydrogen-bond donors (Lipinski definition) is 2. The van der Waals surface area contributed by atoms with Crippen LogP contribution in [-0.4, -0.2) is 46.7 Å². The number of nitrogens with one attached hydrogen (secondary N) is 1. The van der Waals surface area contributed by atoms with Crippen LogP contribution in [0.3, 0.4) is 0 Å². The zero-order valence-corrected chi connectivity index (χ0v) is 17.5. The van der Waals surface area contributed by atoms with E-state index < -0.39 is 17.3 Å². The Bertz CT molecular complexity index is 1190. The summed E-state index contributed by atoms with van der Waals surface area (Å²) < 4.78 is 12.6. The Balaban J connectivity index is 1.61. The SMILES string of the molecule is CN(C)CCn1c(=O)oc2ccc(NC(=O)c3ccc4c(c3O)OC(C)(C)C4)cc21. The number of oxazole rings is 1. The minimum absolute atomic E-state index is 0.128. The number of rotatable bonds is 5. The number of ether oxygens (including phenoxy) is 1. The maximum Gasteiger partial charge on any atom is 0.419 e. The molecule has 1 aliphatic heterocycles. The summed E-state index contributed by atoms with van der Waals surface area (Å²) in [5.74, 6) is -0.710. The highest BCUT2D eigenvalue weighted by Crippen LogP contribution is 2.43. The summed E-state index contributed by atoms with van der Waals surface area (Å²) in [5, 5.41) is 13.4. The van der Waals surface area contributed by atoms with Crippen LogP contribution in [0.1, 0.15) is 29.8 Å². The van der Waals surface area contributed by atoms with Gasteiger partial charge in [-0.15, -0.1) is 0 Å². The van der Waals surface area contributed by atoms with E-state index in [0.29, 0.717) is 42.0 Å². The van der Waals surface area contributed by atoms with E-state index in [9.17, 15) is 14.7 Å². The van der Waals surface area contributed by atoms with Crippen molar-refractivity contribution in [3.8, 4) is 11.5 Å². The highest BCUT2D eigenvalue weighted by atomic mass is 16.5. The lowest BCUT2D eigenvalue weighted by atomic mass is 10.0. The quantitative estimate of drug-likeness (QED) is 0.670. The second-order valence-electron chi connectivity index (χ2n) is 8.45. The average molecular weight is 411 g/mol. The standard InChI is InChI=1S/C22H25N3O5/c1-22(2)12-13-5-7-15(18(26)19(13)30-22)20(27)23-14-6-8-17-16(11-14)25(21(28)29-17)10-9-24(3)4/h5-8,11,26H,9-10,12H2,1-4H3,(H,23,27). The molecule has 0 spiro atoms. The molecule has 1 amide bonds. The summed E-state index contributed by atoms with van der Waals surface area (Å²) >= 11 is 0. The molecule has 8 nitrogen and oxygen atoms in total. The van der Waals surface area contributed by atoms with Crippen LogP contribution in [0.15, 0.2) is 39.5 Å². The Morgan fingerprint density at radius 2 is 2.03 bits per heavy atom. The first kappa shape index (κ1) is 20.0. The number of hydrogen-bond acceptors (Lipinski definition) is 6. The van der Waals surface area contributed by atoms with Gasteiger partial charge in [-0.2, -0.15) is 0 Å². The van der Waals surface area contributed by atoms with E-state index in [0.717, 1.165) is 5.56 Å². The van der Waals surface area contributed by atoms with Crippen molar-refractivity contribution in [3.63, 3.8) is 0 Å². The largest absolute Gasteiger partial charge is 0.504 e. The minimum Gasteiger partial charge on any atom is -0.504 e. The number of phenolic OH excluding ortho intramolecular Hbond substituents is 1. The number of amides is 1. The Labute approximate surface area is 173 Å². The molecule has 0 saturated heterocycles. The van der Waals surface area contributed by atoms with Gasteiger partial charge < -0.3 is 24.5 Å². The van der Waals surface area contributed by atoms with Gasteiger partial charge in [0.15, 0.2) is 17.1 Å². The molecule has 2 N–H and O–H groups in total. The van der Waals surface area contributed by atoms with Crippen molar-refractivity contribution < 1.29 is 19.1 Å². The molecule has 0 saturated carbocycles. The first-order chi connectivity index (χ1) is 14.1. The molecule has 0 unspecified atom stereocenters. The van der Waals surface area contributed by atoms with E-state index in [2.05, 4.69) is 5.32 Å². The molecule has 1 aliphatic rings. The molecular formula is C22H25N3O5. The molecule has 2 heterocycles. The topological polar surface area (TPSA) is 96.9 Å². The summed E-state index contributed by atoms with van der Waals surface area (Å²) in [7, 11) is 3.85. The molecular weight excluding hydrogens is 386 g/mol. The second-order valence-corrected chi connectivity index (χ2v) is 8.45. The summed E-state index contributed by atoms with van der Waals surface area (Å²) in [6.45, 7) is 5.00. The molecule has 3 aromatic rings. The summed E-state index contributed by atoms with van der Waals surface area (Å²) in [6.07, 6.45) is 0.666. The Kier molecular flexibility index (Phi) is 4.82. The Morgan fingerprint density at radius 1 is 1.27 bits per heavy atom. The van der Waals surface area contributed by atoms with Crippen LogP contribution in [0.25, 0.3) is 11.1 Å². The maximum absolute atomic E-state index is 12.8. The van der Waals surface area contributed by atoms with Gasteiger partial charge in [-0.1, -0.05) is 6.07 Å². The third-order valence-electron chi connectivity index (χ3n) is 5.15. The van der Waals surface area contributed by atoms with Crippen molar-refractivity contribution in [1.29, 1.82) is 0 Å². The molecule has 0 aliphatic carbocycles. The zero-order valence-electron chi connectivity index (χ0n) is 17.5. The predicted octanol–water partition coefficient (Wildman–Crippen LogP) is 2.83. The molecule has 4 rings (SSSR count). The van der Waals surface area contributed by atoms with Crippen LogP contribution in [0.5, 0.6) is 11.5 Å². The number of carbonyl (C=O) groups is 1. The number of aromatic hydroxyl groups is 1. The number of carbonyl (C=O) groups excluding carboxylic acids is 1. The van der Waals surface area contributed by atoms with Crippen LogP contribution in [-0.2, 0) is 13.0 Å². The van der Waals surface area contributed by atoms with E-state index in [4.69, 9.17) is 9.15 Å². The summed E-state index contributed by atoms with van der Waals surface area (Å²) in [6, 6.07) is 8.39. The van der Waals surface area contributed by atoms with Crippen LogP contribution in [0.2, 0.25) is 0 Å². The van der Waals surface area contributed by atoms with Crippen LogP contribution in [0.4, 0.5) is 5.69 Å². The van der Waals surface area contributed by atoms with Gasteiger partial charge in [-0.3, -0.25) is 9.36 Å². The molecule has 158 valence electrons. The number of fused-ring (bicyclic) bond motifs is 2. The highest BCUT2D eigenvalue weighted by Gasteiger charge is 2.33. The molecule has 2 aromatic carbocycles. The van der Waals surface area contributed by atoms with E-state index in [-0.39, 0.29) is 11.3 Å². The van der Waals surface area contributed by atoms with Gasteiger partial charge in [0.25, 0.3) is 5.91 Å². The number of aromatic nitrogens is 1. The van der Waals surface area contributed by atoms with Gasteiger partial charge >= 0.3 is 5.76 Å². The number of anilines is 1. The first-order valence-electron chi connectivity index (χ1n) is 9.78. The fourth-order valence-electron chi connectivity index (χ4n) is 3.67. The lowest BCUT2D eigenvalue weighted by molar-refractivity contribution is 0.102. The Morgan fingerprint density at radius 3 is 2.77 bits per heavy atom. The van der Waals surface area contributed by atoms with Crippen molar-refractivity contribution >= 4 is 22.7 Å². The van der Waals surface area contributed by atoms with Crippen molar-refractivity contribution in [2.45, 2.75) is 32.4 Å². The fourth-order valence-corrected chi connectivity index (χ4v) is 3.67. The lowest BCUT2D eigenvalue weighted by Gasteiger charge is -2.17. The van der Waals surface area contributed by atoms with E-state index in [1.165, 1.54) is 4.57 Å². The second kappa shape index (κ2) is 7.21. The molecule has 8 heteroatoms. The number of likely N-dealkylation sites (N-methyl/N-ethyl adjacent to an activating group) is 1. The van der Waals surface area contributed by atoms with Gasteiger partial charge in [0.2, 0.25) is 0 Å². The van der Waals surface area contributed by atoms with E-state index >= 15 is 0 Å². The number of nitrogens with zero attached hydrogens (tertiary/aromatic N) is 2. The summed E-state index contributed by atoms with van der Waals surface area (Å²) in [5.41, 5.74) is 2.13. The first-order valence-corrected chi connectivity index (χ1v) is 9.78. The molecule has 0 bridgehead atoms. The van der Waals surface area contributed by atoms with Crippen molar-refractivity contribution in [2.75, 3.05) is 26.0 Å². The van der Waals surface area contributed by atoms with Crippen molar-refractivity contribution in [2.24, 2.45) is 0 Å². The van der Waals surface area contributed by atoms with Crippen LogP contribution < -0.4 is 15.8 Å². The maximum atomic E-state index is 12.8. The van der Waals surface area contributed by atoms with Gasteiger partial charge in [-0.05, 0) is 52.2 Å². The van der Waals surface area contributed by atoms with E-state index in [1.54, 1.807) is 30.3 Å². The molecule has 0 fully saturated rings. The van der Waals surface area contributed by atoms with Gasteiger partial charge in [-0.25, -0.2) is 4.79 Å². The molecule has 0 radical (unpaired) electrons. The van der Waals surface area contributed by atoms with Gasteiger partial charge in [0, 0.05) is 30.8 Å². The Hall–Kier alpha value is -3.26. The predicted molar refractivity (Wildman–Crippen MR) is 113 cm³/mol. The third-order valence-corrected chi connectivity index (χ3v) is 5.15. The highest BCUT2D eigenvalue weighted by molar-refractivity contribution is 6.07. The van der Waals surface area contributed by atoms with Crippen molar-refractivity contribution in [3.05, 3.63) is 52.0 Å². The molecule has 1 aromatic heterocycles. The van der Waals surface area contributed by atoms with Crippen LogP contribution >= 0.6 is 0 Å². The number of benzene rings is 2. The average Bonchev–Trinajstić information content (AvgIpc) is 3.15. The zero-order chi connectivity index (χ0) is 21.6. The third kappa shape index (κ3) is 3.66. The van der Waals surface area contributed by atoms with Crippen molar-refractivity contribution in [1.82, 2.24) is 9.47 Å². The fraction of sp³-hybridized carbons (Fsp3) is 0.364. The molecule has 0 atom stereocenters. The number of phenols is 1. The summed E-state index contributed by atoms with van der Waals surface area (Å²) in [4.78, 5) is 26.9. The molecule has 30 heavy (non-hydrogen) atoms. The van der Waals surface area contributed by atoms with Crippen LogP contribution in [0, 0.1) is 0 Å². The smallest absolute Gasteiger partial charge is 0.419 e. The normalized spacial score (nSPS) is 14.7. The minimum atomic E-state index is -0.464. The lowest BCUT2D eigenvalue weighted by Crippen LogP contribution is -2.24.